The Bertz CT molecular complexity index is 819. The van der Waals surface area contributed by atoms with Crippen molar-refractivity contribution in [3.8, 4) is 0 Å². The minimum atomic E-state index is -0.0145. The standard InChI is InChI=1S/C21H23N3O2/c1-15-4-6-17(7-5-15)20(26)24-10-8-21(14-24)11-18(21)19(25)23-13-16-3-2-9-22-12-16/h2-7,9,12,18H,8,10-11,13-14H2,1H3,(H,23,25)/t18-,21-/m0/s1. The molecule has 4 rings (SSSR count). The second kappa shape index (κ2) is 6.56. The van der Waals surface area contributed by atoms with E-state index in [9.17, 15) is 9.59 Å². The van der Waals surface area contributed by atoms with E-state index in [1.54, 1.807) is 12.4 Å². The highest BCUT2D eigenvalue weighted by atomic mass is 16.2. The average molecular weight is 349 g/mol. The molecule has 1 spiro atoms. The van der Waals surface area contributed by atoms with Gasteiger partial charge < -0.3 is 10.2 Å². The fraction of sp³-hybridized carbons (Fsp3) is 0.381. The van der Waals surface area contributed by atoms with Gasteiger partial charge in [-0.3, -0.25) is 14.6 Å². The molecule has 2 heterocycles. The topological polar surface area (TPSA) is 62.3 Å². The summed E-state index contributed by atoms with van der Waals surface area (Å²) in [6, 6.07) is 11.5. The first-order valence-electron chi connectivity index (χ1n) is 9.10. The molecule has 1 N–H and O–H groups in total. The Hall–Kier alpha value is -2.69. The second-order valence-electron chi connectivity index (χ2n) is 7.54. The van der Waals surface area contributed by atoms with Crippen LogP contribution in [0.15, 0.2) is 48.8 Å². The van der Waals surface area contributed by atoms with Crippen LogP contribution in [0.5, 0.6) is 0 Å². The highest BCUT2D eigenvalue weighted by molar-refractivity contribution is 5.94. The Balaban J connectivity index is 1.33. The summed E-state index contributed by atoms with van der Waals surface area (Å²) in [6.45, 7) is 3.94. The van der Waals surface area contributed by atoms with E-state index in [-0.39, 0.29) is 23.1 Å². The maximum atomic E-state index is 12.7. The van der Waals surface area contributed by atoms with Gasteiger partial charge in [0, 0.05) is 48.9 Å². The quantitative estimate of drug-likeness (QED) is 0.923. The van der Waals surface area contributed by atoms with Gasteiger partial charge in [0.1, 0.15) is 0 Å². The van der Waals surface area contributed by atoms with Crippen molar-refractivity contribution in [1.82, 2.24) is 15.2 Å². The number of carbonyl (C=O) groups is 2. The van der Waals surface area contributed by atoms with E-state index in [1.807, 2.05) is 48.2 Å². The number of carbonyl (C=O) groups excluding carboxylic acids is 2. The molecule has 2 aromatic rings. The van der Waals surface area contributed by atoms with Crippen molar-refractivity contribution in [2.75, 3.05) is 13.1 Å². The van der Waals surface area contributed by atoms with E-state index in [2.05, 4.69) is 10.3 Å². The number of likely N-dealkylation sites (tertiary alicyclic amines) is 1. The molecule has 0 radical (unpaired) electrons. The summed E-state index contributed by atoms with van der Waals surface area (Å²) in [7, 11) is 0. The van der Waals surface area contributed by atoms with Crippen LogP contribution in [0, 0.1) is 18.3 Å². The van der Waals surface area contributed by atoms with Crippen LogP contribution < -0.4 is 5.32 Å². The first-order chi connectivity index (χ1) is 12.6. The minimum Gasteiger partial charge on any atom is -0.352 e. The Morgan fingerprint density at radius 2 is 2.08 bits per heavy atom. The first-order valence-corrected chi connectivity index (χ1v) is 9.10. The molecule has 2 atom stereocenters. The Labute approximate surface area is 153 Å². The van der Waals surface area contributed by atoms with E-state index in [0.29, 0.717) is 13.1 Å². The lowest BCUT2D eigenvalue weighted by molar-refractivity contribution is -0.123. The summed E-state index contributed by atoms with van der Waals surface area (Å²) in [6.07, 6.45) is 5.28. The van der Waals surface area contributed by atoms with Gasteiger partial charge in [-0.2, -0.15) is 0 Å². The van der Waals surface area contributed by atoms with Gasteiger partial charge in [-0.1, -0.05) is 23.8 Å². The van der Waals surface area contributed by atoms with Crippen LogP contribution in [0.2, 0.25) is 0 Å². The number of hydrogen-bond donors (Lipinski definition) is 1. The van der Waals surface area contributed by atoms with Crippen molar-refractivity contribution >= 4 is 11.8 Å². The number of nitrogens with one attached hydrogen (secondary N) is 1. The highest BCUT2D eigenvalue weighted by Crippen LogP contribution is 2.58. The van der Waals surface area contributed by atoms with Gasteiger partial charge in [-0.05, 0) is 43.5 Å². The van der Waals surface area contributed by atoms with Gasteiger partial charge in [0.2, 0.25) is 5.91 Å². The van der Waals surface area contributed by atoms with Crippen LogP contribution in [0.25, 0.3) is 0 Å². The monoisotopic (exact) mass is 349 g/mol. The first kappa shape index (κ1) is 16.8. The third-order valence-corrected chi connectivity index (χ3v) is 5.67. The summed E-state index contributed by atoms with van der Waals surface area (Å²) in [4.78, 5) is 31.1. The van der Waals surface area contributed by atoms with Crippen molar-refractivity contribution in [2.24, 2.45) is 11.3 Å². The molecular weight excluding hydrogens is 326 g/mol. The number of rotatable bonds is 4. The number of aromatic nitrogens is 1. The molecule has 1 aliphatic carbocycles. The van der Waals surface area contributed by atoms with Gasteiger partial charge in [0.05, 0.1) is 0 Å². The van der Waals surface area contributed by atoms with Crippen LogP contribution in [-0.2, 0) is 11.3 Å². The van der Waals surface area contributed by atoms with Crippen molar-refractivity contribution in [1.29, 1.82) is 0 Å². The van der Waals surface area contributed by atoms with Gasteiger partial charge in [0.25, 0.3) is 5.91 Å². The molecule has 1 aromatic carbocycles. The smallest absolute Gasteiger partial charge is 0.253 e. The number of benzene rings is 1. The fourth-order valence-electron chi connectivity index (χ4n) is 3.93. The summed E-state index contributed by atoms with van der Waals surface area (Å²) >= 11 is 0. The predicted molar refractivity (Wildman–Crippen MR) is 98.3 cm³/mol. The Morgan fingerprint density at radius 1 is 1.27 bits per heavy atom. The number of nitrogens with zero attached hydrogens (tertiary/aromatic N) is 2. The lowest BCUT2D eigenvalue weighted by atomic mass is 10.0. The summed E-state index contributed by atoms with van der Waals surface area (Å²) in [5.74, 6) is 0.191. The van der Waals surface area contributed by atoms with Crippen molar-refractivity contribution in [2.45, 2.75) is 26.3 Å². The molecule has 134 valence electrons. The summed E-state index contributed by atoms with van der Waals surface area (Å²) < 4.78 is 0. The van der Waals surface area contributed by atoms with Gasteiger partial charge in [0.15, 0.2) is 0 Å². The van der Waals surface area contributed by atoms with Crippen LogP contribution in [0.1, 0.15) is 34.3 Å². The Morgan fingerprint density at radius 3 is 2.81 bits per heavy atom. The largest absolute Gasteiger partial charge is 0.352 e. The molecule has 1 saturated carbocycles. The van der Waals surface area contributed by atoms with Crippen molar-refractivity contribution < 1.29 is 9.59 Å². The lowest BCUT2D eigenvalue weighted by Crippen LogP contribution is -2.31. The molecule has 1 saturated heterocycles. The number of amides is 2. The minimum absolute atomic E-state index is 0.0145. The lowest BCUT2D eigenvalue weighted by Gasteiger charge is -2.17. The zero-order valence-electron chi connectivity index (χ0n) is 14.9. The van der Waals surface area contributed by atoms with Gasteiger partial charge in [-0.25, -0.2) is 0 Å². The average Bonchev–Trinajstić information content (AvgIpc) is 3.20. The van der Waals surface area contributed by atoms with E-state index >= 15 is 0 Å². The second-order valence-corrected chi connectivity index (χ2v) is 7.54. The van der Waals surface area contributed by atoms with Crippen LogP contribution in [-0.4, -0.2) is 34.8 Å². The maximum Gasteiger partial charge on any atom is 0.253 e. The van der Waals surface area contributed by atoms with Crippen LogP contribution in [0.3, 0.4) is 0 Å². The van der Waals surface area contributed by atoms with Crippen LogP contribution >= 0.6 is 0 Å². The van der Waals surface area contributed by atoms with E-state index in [4.69, 9.17) is 0 Å². The van der Waals surface area contributed by atoms with Gasteiger partial charge in [-0.15, -0.1) is 0 Å². The van der Waals surface area contributed by atoms with E-state index in [1.165, 1.54) is 0 Å². The van der Waals surface area contributed by atoms with E-state index < -0.39 is 0 Å². The number of pyridine rings is 1. The van der Waals surface area contributed by atoms with Crippen LogP contribution in [0.4, 0.5) is 0 Å². The normalized spacial score (nSPS) is 23.9. The summed E-state index contributed by atoms with van der Waals surface area (Å²) in [5, 5.41) is 3.01. The molecule has 2 fully saturated rings. The molecule has 5 nitrogen and oxygen atoms in total. The zero-order valence-corrected chi connectivity index (χ0v) is 14.9. The third kappa shape index (κ3) is 3.21. The zero-order chi connectivity index (χ0) is 18.1. The molecule has 1 aromatic heterocycles. The molecule has 0 bridgehead atoms. The van der Waals surface area contributed by atoms with E-state index in [0.717, 1.165) is 36.1 Å². The predicted octanol–water partition coefficient (Wildman–Crippen LogP) is 2.56. The number of hydrogen-bond acceptors (Lipinski definition) is 3. The third-order valence-electron chi connectivity index (χ3n) is 5.67. The molecule has 0 unspecified atom stereocenters. The summed E-state index contributed by atoms with van der Waals surface area (Å²) in [5.41, 5.74) is 2.86. The molecule has 2 aliphatic rings. The molecule has 2 amide bonds. The molecule has 1 aliphatic heterocycles. The molecule has 26 heavy (non-hydrogen) atoms. The molecular formula is C21H23N3O2. The highest BCUT2D eigenvalue weighted by Gasteiger charge is 2.61. The SMILES string of the molecule is Cc1ccc(C(=O)N2CC[C@]3(C[C@H]3C(=O)NCc3cccnc3)C2)cc1. The van der Waals surface area contributed by atoms with Gasteiger partial charge >= 0.3 is 0 Å². The molecule has 5 heteroatoms. The Kier molecular flexibility index (Phi) is 4.23. The van der Waals surface area contributed by atoms with Crippen molar-refractivity contribution in [3.05, 3.63) is 65.5 Å². The van der Waals surface area contributed by atoms with Crippen molar-refractivity contribution in [3.63, 3.8) is 0 Å². The maximum absolute atomic E-state index is 12.7. The fourth-order valence-corrected chi connectivity index (χ4v) is 3.93. The number of aryl methyl sites for hydroxylation is 1.